The van der Waals surface area contributed by atoms with E-state index in [1.54, 1.807) is 36.4 Å². The van der Waals surface area contributed by atoms with Crippen molar-refractivity contribution in [2.24, 2.45) is 0 Å². The van der Waals surface area contributed by atoms with E-state index in [0.717, 1.165) is 0 Å². The zero-order valence-electron chi connectivity index (χ0n) is 12.9. The number of cyclic esters (lactones) is 2. The van der Waals surface area contributed by atoms with Crippen molar-refractivity contribution >= 4 is 11.9 Å². The van der Waals surface area contributed by atoms with Crippen LogP contribution < -0.4 is 0 Å². The zero-order valence-corrected chi connectivity index (χ0v) is 12.9. The van der Waals surface area contributed by atoms with Crippen LogP contribution >= 0.6 is 0 Å². The Morgan fingerprint density at radius 1 is 0.560 bits per heavy atom. The van der Waals surface area contributed by atoms with Crippen molar-refractivity contribution in [1.29, 1.82) is 0 Å². The molecule has 2 N–H and O–H groups in total. The molecule has 3 aromatic carbocycles. The number of carbonyl (C=O) groups is 2. The lowest BCUT2D eigenvalue weighted by molar-refractivity contribution is 0.0444. The fourth-order valence-corrected chi connectivity index (χ4v) is 2.98. The van der Waals surface area contributed by atoms with E-state index in [1.807, 2.05) is 0 Å². The summed E-state index contributed by atoms with van der Waals surface area (Å²) in [6.45, 7) is 0. The third-order valence-electron chi connectivity index (χ3n) is 4.16. The van der Waals surface area contributed by atoms with Crippen molar-refractivity contribution in [2.45, 2.75) is 0 Å². The van der Waals surface area contributed by atoms with Crippen LogP contribution in [0.1, 0.15) is 20.7 Å². The Morgan fingerprint density at radius 2 is 0.920 bits per heavy atom. The summed E-state index contributed by atoms with van der Waals surface area (Å²) in [5.41, 5.74) is 2.93. The monoisotopic (exact) mass is 332 g/mol. The maximum Gasteiger partial charge on any atom is 0.347 e. The van der Waals surface area contributed by atoms with Gasteiger partial charge in [0.1, 0.15) is 11.5 Å². The first-order valence-corrected chi connectivity index (χ1v) is 7.57. The lowest BCUT2D eigenvalue weighted by atomic mass is 9.90. The molecule has 0 atom stereocenters. The average molecular weight is 332 g/mol. The summed E-state index contributed by atoms with van der Waals surface area (Å²) in [5, 5.41) is 18.9. The summed E-state index contributed by atoms with van der Waals surface area (Å²) >= 11 is 0. The van der Waals surface area contributed by atoms with Gasteiger partial charge < -0.3 is 14.9 Å². The van der Waals surface area contributed by atoms with E-state index in [9.17, 15) is 19.8 Å². The largest absolute Gasteiger partial charge is 0.508 e. The molecule has 0 amide bonds. The SMILES string of the molecule is O=C1OC(=O)c2c(-c3ccc(O)cc3)ccc(-c3ccc(O)cc3)c21. The minimum atomic E-state index is -0.691. The Labute approximate surface area is 142 Å². The van der Waals surface area contributed by atoms with Crippen LogP contribution in [0.15, 0.2) is 60.7 Å². The Kier molecular flexibility index (Phi) is 3.28. The van der Waals surface area contributed by atoms with Gasteiger partial charge >= 0.3 is 11.9 Å². The average Bonchev–Trinajstić information content (AvgIpc) is 2.91. The molecular formula is C20H12O5. The normalized spacial score (nSPS) is 12.8. The van der Waals surface area contributed by atoms with Crippen molar-refractivity contribution in [3.63, 3.8) is 0 Å². The number of rotatable bonds is 2. The molecule has 4 rings (SSSR count). The number of ether oxygens (including phenoxy) is 1. The van der Waals surface area contributed by atoms with E-state index in [4.69, 9.17) is 4.74 Å². The zero-order chi connectivity index (χ0) is 17.6. The molecule has 1 aliphatic heterocycles. The summed E-state index contributed by atoms with van der Waals surface area (Å²) in [6, 6.07) is 16.2. The molecule has 0 saturated heterocycles. The van der Waals surface area contributed by atoms with Crippen molar-refractivity contribution in [3.8, 4) is 33.8 Å². The van der Waals surface area contributed by atoms with Crippen LogP contribution in [-0.4, -0.2) is 22.2 Å². The number of hydrogen-bond acceptors (Lipinski definition) is 5. The highest BCUT2D eigenvalue weighted by molar-refractivity contribution is 6.21. The van der Waals surface area contributed by atoms with Gasteiger partial charge in [0.25, 0.3) is 0 Å². The molecule has 5 heteroatoms. The predicted octanol–water partition coefficient (Wildman–Crippen LogP) is 3.74. The van der Waals surface area contributed by atoms with Crippen molar-refractivity contribution in [3.05, 3.63) is 71.8 Å². The van der Waals surface area contributed by atoms with E-state index in [-0.39, 0.29) is 22.6 Å². The molecule has 0 spiro atoms. The molecule has 0 radical (unpaired) electrons. The van der Waals surface area contributed by atoms with Crippen molar-refractivity contribution in [1.82, 2.24) is 0 Å². The Hall–Kier alpha value is -3.60. The van der Waals surface area contributed by atoms with E-state index >= 15 is 0 Å². The number of benzene rings is 3. The third-order valence-corrected chi connectivity index (χ3v) is 4.16. The molecule has 0 saturated carbocycles. The lowest BCUT2D eigenvalue weighted by Crippen LogP contribution is -1.98. The number of esters is 2. The van der Waals surface area contributed by atoms with Crippen LogP contribution in [0.4, 0.5) is 0 Å². The molecule has 0 aliphatic carbocycles. The van der Waals surface area contributed by atoms with Gasteiger partial charge in [0.15, 0.2) is 0 Å². The molecule has 0 aromatic heterocycles. The summed E-state index contributed by atoms with van der Waals surface area (Å²) in [7, 11) is 0. The highest BCUT2D eigenvalue weighted by Gasteiger charge is 2.35. The van der Waals surface area contributed by atoms with Gasteiger partial charge in [0, 0.05) is 0 Å². The Morgan fingerprint density at radius 3 is 1.28 bits per heavy atom. The minimum Gasteiger partial charge on any atom is -0.508 e. The van der Waals surface area contributed by atoms with E-state index in [0.29, 0.717) is 22.3 Å². The van der Waals surface area contributed by atoms with Gasteiger partial charge in [-0.25, -0.2) is 9.59 Å². The first-order valence-electron chi connectivity index (χ1n) is 7.57. The van der Waals surface area contributed by atoms with Gasteiger partial charge in [-0.3, -0.25) is 0 Å². The van der Waals surface area contributed by atoms with E-state index in [1.165, 1.54) is 24.3 Å². The van der Waals surface area contributed by atoms with Crippen molar-refractivity contribution in [2.75, 3.05) is 0 Å². The van der Waals surface area contributed by atoms with Crippen molar-refractivity contribution < 1.29 is 24.5 Å². The van der Waals surface area contributed by atoms with E-state index < -0.39 is 11.9 Å². The molecule has 5 nitrogen and oxygen atoms in total. The maximum absolute atomic E-state index is 12.2. The maximum atomic E-state index is 12.2. The van der Waals surface area contributed by atoms with Gasteiger partial charge in [-0.05, 0) is 46.5 Å². The molecule has 0 unspecified atom stereocenters. The van der Waals surface area contributed by atoms with Gasteiger partial charge in [-0.2, -0.15) is 0 Å². The topological polar surface area (TPSA) is 83.8 Å². The molecule has 25 heavy (non-hydrogen) atoms. The second kappa shape index (κ2) is 5.49. The van der Waals surface area contributed by atoms with Crippen LogP contribution in [0.25, 0.3) is 22.3 Å². The first-order chi connectivity index (χ1) is 12.0. The van der Waals surface area contributed by atoms with Gasteiger partial charge in [0.05, 0.1) is 11.1 Å². The van der Waals surface area contributed by atoms with Gasteiger partial charge in [-0.15, -0.1) is 0 Å². The van der Waals surface area contributed by atoms with Crippen LogP contribution in [0, 0.1) is 0 Å². The second-order valence-electron chi connectivity index (χ2n) is 5.68. The summed E-state index contributed by atoms with van der Waals surface area (Å²) in [6.07, 6.45) is 0. The minimum absolute atomic E-state index is 0.111. The standard InChI is InChI=1S/C20H12O5/c21-13-5-1-11(2-6-13)15-9-10-16(12-3-7-14(22)8-4-12)18-17(15)19(23)25-20(18)24/h1-10,21-22H. The number of aromatic hydroxyl groups is 2. The first kappa shape index (κ1) is 15.0. The third kappa shape index (κ3) is 2.42. The fraction of sp³-hybridized carbons (Fsp3) is 0. The smallest absolute Gasteiger partial charge is 0.347 e. The van der Waals surface area contributed by atoms with Gasteiger partial charge in [-0.1, -0.05) is 36.4 Å². The molecule has 1 heterocycles. The quantitative estimate of drug-likeness (QED) is 0.552. The highest BCUT2D eigenvalue weighted by Crippen LogP contribution is 2.38. The highest BCUT2D eigenvalue weighted by atomic mass is 16.6. The van der Waals surface area contributed by atoms with Crippen LogP contribution in [0.2, 0.25) is 0 Å². The van der Waals surface area contributed by atoms with Gasteiger partial charge in [0.2, 0.25) is 0 Å². The fourth-order valence-electron chi connectivity index (χ4n) is 2.98. The molecule has 1 aliphatic rings. The molecule has 122 valence electrons. The molecule has 3 aromatic rings. The Bertz CT molecular complexity index is 919. The second-order valence-corrected chi connectivity index (χ2v) is 5.68. The van der Waals surface area contributed by atoms with Crippen LogP contribution in [-0.2, 0) is 4.74 Å². The number of fused-ring (bicyclic) bond motifs is 1. The van der Waals surface area contributed by atoms with Crippen LogP contribution in [0.5, 0.6) is 11.5 Å². The predicted molar refractivity (Wildman–Crippen MR) is 90.4 cm³/mol. The lowest BCUT2D eigenvalue weighted by Gasteiger charge is -2.10. The summed E-state index contributed by atoms with van der Waals surface area (Å²) in [5.74, 6) is -1.16. The summed E-state index contributed by atoms with van der Waals surface area (Å²) < 4.78 is 4.83. The number of phenols is 2. The summed E-state index contributed by atoms with van der Waals surface area (Å²) in [4.78, 5) is 24.5. The van der Waals surface area contributed by atoms with Crippen LogP contribution in [0.3, 0.4) is 0 Å². The molecular weight excluding hydrogens is 320 g/mol. The number of carbonyl (C=O) groups excluding carboxylic acids is 2. The number of phenolic OH excluding ortho intramolecular Hbond substituents is 2. The molecule has 0 fully saturated rings. The van der Waals surface area contributed by atoms with E-state index in [2.05, 4.69) is 0 Å². The Balaban J connectivity index is 1.96. The number of hydrogen-bond donors (Lipinski definition) is 2. The molecule has 0 bridgehead atoms.